The Hall–Kier alpha value is -0.830. The summed E-state index contributed by atoms with van der Waals surface area (Å²) in [6, 6.07) is 0.372. The van der Waals surface area contributed by atoms with Crippen LogP contribution in [0, 0.1) is 5.92 Å². The fourth-order valence-electron chi connectivity index (χ4n) is 1.93. The lowest BCUT2D eigenvalue weighted by Gasteiger charge is -2.22. The summed E-state index contributed by atoms with van der Waals surface area (Å²) >= 11 is 0. The average molecular weight is 209 g/mol. The molecule has 3 nitrogen and oxygen atoms in total. The Bertz CT molecular complexity index is 280. The lowest BCUT2D eigenvalue weighted by molar-refractivity contribution is 0.370. The molecule has 0 aliphatic carbocycles. The molecule has 0 aromatic carbocycles. The highest BCUT2D eigenvalue weighted by molar-refractivity contribution is 5.00. The van der Waals surface area contributed by atoms with Gasteiger partial charge in [0.05, 0.1) is 6.04 Å². The minimum Gasteiger partial charge on any atom is -0.334 e. The number of nitrogens with one attached hydrogen (secondary N) is 1. The second kappa shape index (κ2) is 5.91. The second-order valence-electron chi connectivity index (χ2n) is 4.13. The number of aryl methyl sites for hydroxylation is 1. The van der Waals surface area contributed by atoms with Crippen molar-refractivity contribution in [3.8, 4) is 0 Å². The second-order valence-corrected chi connectivity index (χ2v) is 4.13. The third-order valence-electron chi connectivity index (χ3n) is 3.01. The molecule has 0 aliphatic rings. The molecule has 0 saturated heterocycles. The molecule has 0 fully saturated rings. The van der Waals surface area contributed by atoms with E-state index >= 15 is 0 Å². The Labute approximate surface area is 92.9 Å². The van der Waals surface area contributed by atoms with Crippen LogP contribution in [0.25, 0.3) is 0 Å². The van der Waals surface area contributed by atoms with E-state index < -0.39 is 0 Å². The zero-order valence-corrected chi connectivity index (χ0v) is 10.3. The molecule has 0 aliphatic heterocycles. The van der Waals surface area contributed by atoms with E-state index in [0.717, 1.165) is 13.0 Å². The van der Waals surface area contributed by atoms with Crippen LogP contribution in [-0.4, -0.2) is 16.6 Å². The summed E-state index contributed by atoms with van der Waals surface area (Å²) < 4.78 is 2.26. The Morgan fingerprint density at radius 1 is 1.47 bits per heavy atom. The van der Waals surface area contributed by atoms with Gasteiger partial charge in [-0.05, 0) is 19.4 Å². The van der Waals surface area contributed by atoms with Gasteiger partial charge >= 0.3 is 0 Å². The maximum Gasteiger partial charge on any atom is 0.126 e. The van der Waals surface area contributed by atoms with Crippen LogP contribution in [0.3, 0.4) is 0 Å². The van der Waals surface area contributed by atoms with Crippen LogP contribution in [0.2, 0.25) is 0 Å². The first kappa shape index (κ1) is 12.2. The SMILES string of the molecule is CCCn1ccnc1C(NC)C(C)CC. The van der Waals surface area contributed by atoms with Crippen LogP contribution < -0.4 is 5.32 Å². The third-order valence-corrected chi connectivity index (χ3v) is 3.01. The maximum atomic E-state index is 4.48. The highest BCUT2D eigenvalue weighted by atomic mass is 15.1. The van der Waals surface area contributed by atoms with Gasteiger partial charge in [-0.1, -0.05) is 27.2 Å². The molecule has 15 heavy (non-hydrogen) atoms. The maximum absolute atomic E-state index is 4.48. The van der Waals surface area contributed by atoms with E-state index in [4.69, 9.17) is 0 Å². The van der Waals surface area contributed by atoms with Gasteiger partial charge < -0.3 is 9.88 Å². The van der Waals surface area contributed by atoms with E-state index in [1.807, 2.05) is 13.2 Å². The van der Waals surface area contributed by atoms with Gasteiger partial charge in [0, 0.05) is 18.9 Å². The van der Waals surface area contributed by atoms with Gasteiger partial charge in [0.1, 0.15) is 5.82 Å². The minimum absolute atomic E-state index is 0.372. The fraction of sp³-hybridized carbons (Fsp3) is 0.750. The molecule has 1 aromatic rings. The van der Waals surface area contributed by atoms with Crippen molar-refractivity contribution in [2.24, 2.45) is 5.92 Å². The standard InChI is InChI=1S/C12H23N3/c1-5-8-15-9-7-14-12(15)11(13-4)10(3)6-2/h7,9-11,13H,5-6,8H2,1-4H3. The van der Waals surface area contributed by atoms with Gasteiger partial charge in [-0.25, -0.2) is 4.98 Å². The van der Waals surface area contributed by atoms with Gasteiger partial charge in [-0.15, -0.1) is 0 Å². The van der Waals surface area contributed by atoms with E-state index in [1.54, 1.807) is 0 Å². The lowest BCUT2D eigenvalue weighted by atomic mass is 9.98. The molecule has 3 heteroatoms. The van der Waals surface area contributed by atoms with Crippen molar-refractivity contribution >= 4 is 0 Å². The Morgan fingerprint density at radius 3 is 2.73 bits per heavy atom. The smallest absolute Gasteiger partial charge is 0.126 e. The van der Waals surface area contributed by atoms with E-state index in [-0.39, 0.29) is 0 Å². The molecule has 86 valence electrons. The summed E-state index contributed by atoms with van der Waals surface area (Å²) in [7, 11) is 2.02. The van der Waals surface area contributed by atoms with Crippen molar-refractivity contribution < 1.29 is 0 Å². The predicted octanol–water partition coefficient (Wildman–Crippen LogP) is 2.60. The highest BCUT2D eigenvalue weighted by Crippen LogP contribution is 2.22. The summed E-state index contributed by atoms with van der Waals surface area (Å²) in [6.45, 7) is 7.75. The molecule has 2 atom stereocenters. The Morgan fingerprint density at radius 2 is 2.20 bits per heavy atom. The van der Waals surface area contributed by atoms with Crippen molar-refractivity contribution in [3.05, 3.63) is 18.2 Å². The molecule has 1 N–H and O–H groups in total. The van der Waals surface area contributed by atoms with Crippen molar-refractivity contribution in [2.45, 2.75) is 46.2 Å². The summed E-state index contributed by atoms with van der Waals surface area (Å²) in [5.41, 5.74) is 0. The van der Waals surface area contributed by atoms with Crippen molar-refractivity contribution in [2.75, 3.05) is 7.05 Å². The van der Waals surface area contributed by atoms with Gasteiger partial charge in [-0.3, -0.25) is 0 Å². The van der Waals surface area contributed by atoms with Crippen LogP contribution in [0.5, 0.6) is 0 Å². The number of aromatic nitrogens is 2. The van der Waals surface area contributed by atoms with Crippen LogP contribution in [0.4, 0.5) is 0 Å². The molecule has 0 bridgehead atoms. The van der Waals surface area contributed by atoms with Crippen molar-refractivity contribution in [1.29, 1.82) is 0 Å². The largest absolute Gasteiger partial charge is 0.334 e. The summed E-state index contributed by atoms with van der Waals surface area (Å²) in [5.74, 6) is 1.79. The molecule has 0 radical (unpaired) electrons. The molecule has 1 rings (SSSR count). The monoisotopic (exact) mass is 209 g/mol. The summed E-state index contributed by atoms with van der Waals surface area (Å²) in [5, 5.41) is 3.37. The van der Waals surface area contributed by atoms with Gasteiger partial charge in [0.15, 0.2) is 0 Å². The summed E-state index contributed by atoms with van der Waals surface area (Å²) in [6.07, 6.45) is 6.30. The van der Waals surface area contributed by atoms with Crippen LogP contribution in [0.15, 0.2) is 12.4 Å². The molecule has 0 saturated carbocycles. The van der Waals surface area contributed by atoms with Crippen molar-refractivity contribution in [1.82, 2.24) is 14.9 Å². The fourth-order valence-corrected chi connectivity index (χ4v) is 1.93. The van der Waals surface area contributed by atoms with Crippen LogP contribution in [-0.2, 0) is 6.54 Å². The number of hydrogen-bond donors (Lipinski definition) is 1. The van der Waals surface area contributed by atoms with Crippen LogP contribution in [0.1, 0.15) is 45.5 Å². The number of hydrogen-bond acceptors (Lipinski definition) is 2. The lowest BCUT2D eigenvalue weighted by Crippen LogP contribution is -2.26. The average Bonchev–Trinajstić information content (AvgIpc) is 2.68. The molecule has 2 unspecified atom stereocenters. The van der Waals surface area contributed by atoms with E-state index in [9.17, 15) is 0 Å². The highest BCUT2D eigenvalue weighted by Gasteiger charge is 2.20. The topological polar surface area (TPSA) is 29.9 Å². The predicted molar refractivity (Wildman–Crippen MR) is 63.8 cm³/mol. The quantitative estimate of drug-likeness (QED) is 0.780. The van der Waals surface area contributed by atoms with Gasteiger partial charge in [0.2, 0.25) is 0 Å². The Kier molecular flexibility index (Phi) is 4.82. The van der Waals surface area contributed by atoms with Crippen LogP contribution >= 0.6 is 0 Å². The minimum atomic E-state index is 0.372. The molecular formula is C12H23N3. The normalized spacial score (nSPS) is 15.2. The molecular weight excluding hydrogens is 186 g/mol. The molecule has 1 heterocycles. The first-order valence-corrected chi connectivity index (χ1v) is 5.92. The first-order valence-electron chi connectivity index (χ1n) is 5.92. The zero-order valence-electron chi connectivity index (χ0n) is 10.3. The number of nitrogens with zero attached hydrogens (tertiary/aromatic N) is 2. The summed E-state index contributed by atoms with van der Waals surface area (Å²) in [4.78, 5) is 4.48. The van der Waals surface area contributed by atoms with Gasteiger partial charge in [0.25, 0.3) is 0 Å². The van der Waals surface area contributed by atoms with Crippen molar-refractivity contribution in [3.63, 3.8) is 0 Å². The molecule has 0 spiro atoms. The number of rotatable bonds is 6. The zero-order chi connectivity index (χ0) is 11.3. The molecule has 1 aromatic heterocycles. The Balaban J connectivity index is 2.85. The first-order chi connectivity index (χ1) is 7.24. The molecule has 0 amide bonds. The third kappa shape index (κ3) is 2.81. The number of imidazole rings is 1. The van der Waals surface area contributed by atoms with E-state index in [0.29, 0.717) is 12.0 Å². The van der Waals surface area contributed by atoms with E-state index in [2.05, 4.69) is 41.8 Å². The van der Waals surface area contributed by atoms with Gasteiger partial charge in [-0.2, -0.15) is 0 Å². The van der Waals surface area contributed by atoms with E-state index in [1.165, 1.54) is 12.2 Å².